The smallest absolute Gasteiger partial charge is 0.0946 e. The number of alkyl halides is 2. The van der Waals surface area contributed by atoms with Gasteiger partial charge in [0.1, 0.15) is 0 Å². The molecule has 0 amide bonds. The molecule has 3 aliphatic carbocycles. The first kappa shape index (κ1) is 10.2. The van der Waals surface area contributed by atoms with Gasteiger partial charge < -0.3 is 0 Å². The van der Waals surface area contributed by atoms with Gasteiger partial charge in [0.2, 0.25) is 0 Å². The Kier molecular flexibility index (Phi) is 2.61. The Morgan fingerprint density at radius 2 is 1.85 bits per heavy atom. The van der Waals surface area contributed by atoms with Crippen LogP contribution in [-0.4, -0.2) is 4.33 Å². The van der Waals surface area contributed by atoms with Gasteiger partial charge in [-0.05, 0) is 12.8 Å². The van der Waals surface area contributed by atoms with Crippen molar-refractivity contribution in [2.24, 2.45) is 11.8 Å². The minimum atomic E-state index is -1.03. The minimum absolute atomic E-state index is 0.0934. The van der Waals surface area contributed by atoms with E-state index in [9.17, 15) is 0 Å². The maximum absolute atomic E-state index is 6.15. The summed E-state index contributed by atoms with van der Waals surface area (Å²) in [7, 11) is 0. The minimum Gasteiger partial charge on any atom is -0.0946 e. The lowest BCUT2D eigenvalue weighted by Crippen LogP contribution is -2.24. The summed E-state index contributed by atoms with van der Waals surface area (Å²) in [6.07, 6.45) is 6.00. The molecule has 3 rings (SSSR count). The molecule has 0 radical (unpaired) electrons. The molecule has 2 unspecified atom stereocenters. The van der Waals surface area contributed by atoms with Crippen molar-refractivity contribution in [2.45, 2.75) is 17.2 Å². The molecule has 0 spiro atoms. The number of hydrogen-bond donors (Lipinski definition) is 0. The first-order valence-corrected chi connectivity index (χ1v) is 5.66. The standard InChI is InChI=1S/C9H8Cl4/c10-7-5-1-3-6(4-2-5)9(12,13)8(7)11/h1,3,5-6H,2,4H2. The Balaban J connectivity index is 2.52. The number of halogens is 4. The van der Waals surface area contributed by atoms with Crippen molar-refractivity contribution in [1.82, 2.24) is 0 Å². The SMILES string of the molecule is ClC1=C(Cl)C(Cl)(Cl)C2C=CC1CC2. The summed E-state index contributed by atoms with van der Waals surface area (Å²) in [4.78, 5) is 0. The van der Waals surface area contributed by atoms with Gasteiger partial charge in [-0.25, -0.2) is 0 Å². The predicted molar refractivity (Wildman–Crippen MR) is 58.5 cm³/mol. The van der Waals surface area contributed by atoms with Crippen LogP contribution in [0.5, 0.6) is 0 Å². The van der Waals surface area contributed by atoms with Crippen molar-refractivity contribution in [3.63, 3.8) is 0 Å². The highest BCUT2D eigenvalue weighted by molar-refractivity contribution is 6.58. The van der Waals surface area contributed by atoms with Crippen LogP contribution in [0.25, 0.3) is 0 Å². The largest absolute Gasteiger partial charge is 0.160 e. The Morgan fingerprint density at radius 3 is 2.38 bits per heavy atom. The molecule has 4 heteroatoms. The van der Waals surface area contributed by atoms with Crippen LogP contribution in [0.2, 0.25) is 0 Å². The monoisotopic (exact) mass is 256 g/mol. The van der Waals surface area contributed by atoms with Crippen molar-refractivity contribution in [1.29, 1.82) is 0 Å². The summed E-state index contributed by atoms with van der Waals surface area (Å²) in [5.74, 6) is 0.306. The van der Waals surface area contributed by atoms with Gasteiger partial charge >= 0.3 is 0 Å². The fourth-order valence-electron chi connectivity index (χ4n) is 1.82. The van der Waals surface area contributed by atoms with E-state index < -0.39 is 4.33 Å². The molecule has 0 aromatic carbocycles. The third kappa shape index (κ3) is 1.52. The van der Waals surface area contributed by atoms with Crippen molar-refractivity contribution >= 4 is 46.4 Å². The second-order valence-electron chi connectivity index (χ2n) is 3.46. The molecule has 0 fully saturated rings. The average molecular weight is 258 g/mol. The molecule has 0 saturated carbocycles. The van der Waals surface area contributed by atoms with Crippen LogP contribution in [0, 0.1) is 11.8 Å². The van der Waals surface area contributed by atoms with Gasteiger partial charge in [0.25, 0.3) is 0 Å². The first-order chi connectivity index (χ1) is 6.03. The van der Waals surface area contributed by atoms with E-state index in [1.165, 1.54) is 0 Å². The maximum atomic E-state index is 6.15. The topological polar surface area (TPSA) is 0 Å². The van der Waals surface area contributed by atoms with Gasteiger partial charge in [-0.1, -0.05) is 58.6 Å². The normalized spacial score (nSPS) is 36.6. The summed E-state index contributed by atoms with van der Waals surface area (Å²) >= 11 is 24.4. The molecular weight excluding hydrogens is 250 g/mol. The Hall–Kier alpha value is 0.640. The third-order valence-electron chi connectivity index (χ3n) is 2.66. The molecule has 0 aromatic rings. The van der Waals surface area contributed by atoms with E-state index in [1.54, 1.807) is 0 Å². The molecule has 0 N–H and O–H groups in total. The molecule has 0 aromatic heterocycles. The van der Waals surface area contributed by atoms with Gasteiger partial charge in [0.15, 0.2) is 4.33 Å². The van der Waals surface area contributed by atoms with Crippen LogP contribution in [0.4, 0.5) is 0 Å². The molecular formula is C9H8Cl4. The van der Waals surface area contributed by atoms with Crippen molar-refractivity contribution in [3.05, 3.63) is 22.2 Å². The fraction of sp³-hybridized carbons (Fsp3) is 0.556. The first-order valence-electron chi connectivity index (χ1n) is 4.15. The van der Waals surface area contributed by atoms with E-state index in [0.717, 1.165) is 12.8 Å². The molecule has 3 aliphatic rings. The van der Waals surface area contributed by atoms with E-state index in [4.69, 9.17) is 46.4 Å². The lowest BCUT2D eigenvalue weighted by atomic mass is 9.90. The highest BCUT2D eigenvalue weighted by Gasteiger charge is 2.43. The van der Waals surface area contributed by atoms with Crippen LogP contribution < -0.4 is 0 Å². The molecule has 0 heterocycles. The van der Waals surface area contributed by atoms with E-state index in [2.05, 4.69) is 0 Å². The Morgan fingerprint density at radius 1 is 1.15 bits per heavy atom. The van der Waals surface area contributed by atoms with Gasteiger partial charge in [-0.2, -0.15) is 0 Å². The zero-order chi connectivity index (χ0) is 9.64. The highest BCUT2D eigenvalue weighted by Crippen LogP contribution is 2.52. The zero-order valence-corrected chi connectivity index (χ0v) is 9.76. The van der Waals surface area contributed by atoms with Crippen LogP contribution >= 0.6 is 46.4 Å². The van der Waals surface area contributed by atoms with Crippen LogP contribution in [0.15, 0.2) is 22.2 Å². The lowest BCUT2D eigenvalue weighted by molar-refractivity contribution is 0.504. The summed E-state index contributed by atoms with van der Waals surface area (Å²) in [5.41, 5.74) is 0. The predicted octanol–water partition coefficient (Wildman–Crippen LogP) is 4.45. The van der Waals surface area contributed by atoms with Crippen LogP contribution in [-0.2, 0) is 0 Å². The average Bonchev–Trinajstić information content (AvgIpc) is 2.25. The van der Waals surface area contributed by atoms with Gasteiger partial charge in [0, 0.05) is 16.9 Å². The quantitative estimate of drug-likeness (QED) is 0.445. The van der Waals surface area contributed by atoms with E-state index in [-0.39, 0.29) is 11.8 Å². The number of hydrogen-bond acceptors (Lipinski definition) is 0. The van der Waals surface area contributed by atoms with E-state index in [0.29, 0.717) is 10.1 Å². The zero-order valence-electron chi connectivity index (χ0n) is 6.74. The van der Waals surface area contributed by atoms with Crippen LogP contribution in [0.3, 0.4) is 0 Å². The highest BCUT2D eigenvalue weighted by atomic mass is 35.5. The Bertz CT molecular complexity index is 290. The van der Waals surface area contributed by atoms with Crippen molar-refractivity contribution in [2.75, 3.05) is 0 Å². The number of allylic oxidation sites excluding steroid dienone is 4. The molecule has 0 aliphatic heterocycles. The summed E-state index contributed by atoms with van der Waals surface area (Å²) in [6, 6.07) is 0. The molecule has 0 saturated heterocycles. The number of rotatable bonds is 0. The molecule has 2 atom stereocenters. The van der Waals surface area contributed by atoms with Crippen molar-refractivity contribution < 1.29 is 0 Å². The number of fused-ring (bicyclic) bond motifs is 2. The molecule has 72 valence electrons. The van der Waals surface area contributed by atoms with Gasteiger partial charge in [0.05, 0.1) is 5.03 Å². The van der Waals surface area contributed by atoms with Gasteiger partial charge in [-0.3, -0.25) is 0 Å². The maximum Gasteiger partial charge on any atom is 0.160 e. The van der Waals surface area contributed by atoms with Gasteiger partial charge in [-0.15, -0.1) is 0 Å². The summed E-state index contributed by atoms with van der Waals surface area (Å²) in [6.45, 7) is 0. The molecule has 13 heavy (non-hydrogen) atoms. The van der Waals surface area contributed by atoms with E-state index in [1.807, 2.05) is 12.2 Å². The second-order valence-corrected chi connectivity index (χ2v) is 5.63. The molecule has 2 bridgehead atoms. The molecule has 0 nitrogen and oxygen atoms in total. The fourth-order valence-corrected chi connectivity index (χ4v) is 3.09. The summed E-state index contributed by atoms with van der Waals surface area (Å²) < 4.78 is -1.03. The second kappa shape index (κ2) is 3.34. The van der Waals surface area contributed by atoms with Crippen LogP contribution in [0.1, 0.15) is 12.8 Å². The lowest BCUT2D eigenvalue weighted by Gasteiger charge is -2.26. The Labute approximate surface area is 97.5 Å². The third-order valence-corrected chi connectivity index (χ3v) is 4.86. The van der Waals surface area contributed by atoms with Crippen molar-refractivity contribution in [3.8, 4) is 0 Å². The van der Waals surface area contributed by atoms with E-state index >= 15 is 0 Å². The summed E-state index contributed by atoms with van der Waals surface area (Å²) in [5, 5.41) is 0.998.